The molecule has 8 heteroatoms. The van der Waals surface area contributed by atoms with Crippen LogP contribution in [0.5, 0.6) is 0 Å². The Balaban J connectivity index is 1.86. The van der Waals surface area contributed by atoms with E-state index in [9.17, 15) is 9.18 Å². The summed E-state index contributed by atoms with van der Waals surface area (Å²) in [6.07, 6.45) is 1.53. The maximum Gasteiger partial charge on any atom is 0.497 e. The summed E-state index contributed by atoms with van der Waals surface area (Å²) in [5, 5.41) is 6.68. The van der Waals surface area contributed by atoms with E-state index in [1.165, 1.54) is 16.9 Å². The average molecular weight is 359 g/mol. The number of hydrogen-bond acceptors (Lipinski definition) is 4. The highest BCUT2D eigenvalue weighted by Crippen LogP contribution is 2.36. The normalized spacial score (nSPS) is 18.2. The van der Waals surface area contributed by atoms with Crippen LogP contribution in [0.2, 0.25) is 0 Å². The highest BCUT2D eigenvalue weighted by molar-refractivity contribution is 6.62. The average Bonchev–Trinajstić information content (AvgIpc) is 3.03. The Morgan fingerprint density at radius 3 is 2.38 bits per heavy atom. The molecular weight excluding hydrogens is 336 g/mol. The van der Waals surface area contributed by atoms with Gasteiger partial charge in [-0.1, -0.05) is 6.07 Å². The Hall–Kier alpha value is -2.19. The number of carbonyl (C=O) groups excluding carboxylic acids is 1. The molecule has 2 aromatic rings. The molecule has 0 bridgehead atoms. The Bertz CT molecular complexity index is 847. The van der Waals surface area contributed by atoms with Crippen LogP contribution in [0, 0.1) is 12.7 Å². The zero-order valence-electron chi connectivity index (χ0n) is 15.9. The number of nitrogens with one attached hydrogen (secondary N) is 1. The van der Waals surface area contributed by atoms with Crippen LogP contribution in [0.4, 0.5) is 10.1 Å². The minimum Gasteiger partial charge on any atom is -0.399 e. The quantitative estimate of drug-likeness (QED) is 0.855. The fourth-order valence-electron chi connectivity index (χ4n) is 2.77. The number of halogens is 1. The minimum atomic E-state index is -0.791. The van der Waals surface area contributed by atoms with E-state index in [0.717, 1.165) is 0 Å². The summed E-state index contributed by atoms with van der Waals surface area (Å²) in [7, 11) is 0.879. The molecule has 1 aromatic carbocycles. The van der Waals surface area contributed by atoms with Gasteiger partial charge in [-0.15, -0.1) is 0 Å². The first kappa shape index (κ1) is 18.6. The summed E-state index contributed by atoms with van der Waals surface area (Å²) in [5.74, 6) is -0.842. The van der Waals surface area contributed by atoms with E-state index >= 15 is 0 Å². The molecule has 138 valence electrons. The number of hydrogen-bond donors (Lipinski definition) is 1. The second kappa shape index (κ2) is 6.21. The van der Waals surface area contributed by atoms with Crippen LogP contribution >= 0.6 is 0 Å². The Labute approximate surface area is 152 Å². The van der Waals surface area contributed by atoms with Gasteiger partial charge >= 0.3 is 7.12 Å². The summed E-state index contributed by atoms with van der Waals surface area (Å²) in [6.45, 7) is 9.47. The second-order valence-electron chi connectivity index (χ2n) is 7.57. The summed E-state index contributed by atoms with van der Waals surface area (Å²) >= 11 is 0. The Morgan fingerprint density at radius 1 is 1.23 bits per heavy atom. The number of rotatable bonds is 3. The van der Waals surface area contributed by atoms with E-state index in [2.05, 4.69) is 10.4 Å². The molecule has 1 aliphatic heterocycles. The van der Waals surface area contributed by atoms with Gasteiger partial charge in [0.15, 0.2) is 0 Å². The summed E-state index contributed by atoms with van der Waals surface area (Å²) in [4.78, 5) is 12.3. The third kappa shape index (κ3) is 3.15. The van der Waals surface area contributed by atoms with Crippen LogP contribution in [0.15, 0.2) is 24.4 Å². The molecule has 0 spiro atoms. The van der Waals surface area contributed by atoms with Gasteiger partial charge in [0, 0.05) is 24.4 Å². The molecule has 1 N–H and O–H groups in total. The van der Waals surface area contributed by atoms with Gasteiger partial charge in [-0.2, -0.15) is 5.10 Å². The van der Waals surface area contributed by atoms with Crippen molar-refractivity contribution in [3.8, 4) is 0 Å². The molecule has 1 amide bonds. The van der Waals surface area contributed by atoms with Crippen molar-refractivity contribution in [2.45, 2.75) is 45.8 Å². The molecular formula is C18H23BFN3O3. The molecule has 0 atom stereocenters. The van der Waals surface area contributed by atoms with Gasteiger partial charge < -0.3 is 14.6 Å². The first-order chi connectivity index (χ1) is 12.0. The van der Waals surface area contributed by atoms with Gasteiger partial charge in [-0.3, -0.25) is 9.48 Å². The van der Waals surface area contributed by atoms with Crippen LogP contribution in [-0.4, -0.2) is 34.0 Å². The Kier molecular flexibility index (Phi) is 4.44. The highest BCUT2D eigenvalue weighted by Gasteiger charge is 2.52. The van der Waals surface area contributed by atoms with Crippen molar-refractivity contribution in [1.82, 2.24) is 9.78 Å². The first-order valence-corrected chi connectivity index (χ1v) is 8.47. The molecule has 0 aliphatic carbocycles. The summed E-state index contributed by atoms with van der Waals surface area (Å²) in [6, 6.07) is 4.54. The van der Waals surface area contributed by atoms with E-state index in [1.54, 1.807) is 26.1 Å². The van der Waals surface area contributed by atoms with Crippen LogP contribution in [-0.2, 0) is 16.4 Å². The number of amides is 1. The van der Waals surface area contributed by atoms with E-state index in [0.29, 0.717) is 22.4 Å². The van der Waals surface area contributed by atoms with Crippen molar-refractivity contribution in [2.75, 3.05) is 5.32 Å². The third-order valence-corrected chi connectivity index (χ3v) is 5.15. The fraction of sp³-hybridized carbons (Fsp3) is 0.444. The maximum atomic E-state index is 14.7. The molecule has 2 heterocycles. The van der Waals surface area contributed by atoms with Crippen LogP contribution < -0.4 is 10.8 Å². The van der Waals surface area contributed by atoms with Crippen molar-refractivity contribution in [3.63, 3.8) is 0 Å². The third-order valence-electron chi connectivity index (χ3n) is 5.15. The van der Waals surface area contributed by atoms with E-state index in [1.807, 2.05) is 27.7 Å². The lowest BCUT2D eigenvalue weighted by Gasteiger charge is -2.32. The van der Waals surface area contributed by atoms with E-state index < -0.39 is 24.1 Å². The van der Waals surface area contributed by atoms with Crippen molar-refractivity contribution in [2.24, 2.45) is 7.05 Å². The summed E-state index contributed by atoms with van der Waals surface area (Å²) < 4.78 is 28.0. The van der Waals surface area contributed by atoms with Crippen LogP contribution in [0.1, 0.15) is 43.7 Å². The van der Waals surface area contributed by atoms with E-state index in [4.69, 9.17) is 9.31 Å². The standard InChI is InChI=1S/C18H23BFN3O3/c1-11-9-12(19-25-17(2,3)18(4,5)26-19)13(20)10-14(11)22-16(24)15-7-8-21-23(15)6/h7-10H,1-6H3,(H,22,24). The van der Waals surface area contributed by atoms with Crippen molar-refractivity contribution >= 4 is 24.2 Å². The number of anilines is 1. The molecule has 6 nitrogen and oxygen atoms in total. The van der Waals surface area contributed by atoms with Gasteiger partial charge in [-0.25, -0.2) is 4.39 Å². The molecule has 0 unspecified atom stereocenters. The number of nitrogens with zero attached hydrogens (tertiary/aromatic N) is 2. The lowest BCUT2D eigenvalue weighted by Crippen LogP contribution is -2.41. The monoisotopic (exact) mass is 359 g/mol. The van der Waals surface area contributed by atoms with Gasteiger partial charge in [-0.05, 0) is 52.3 Å². The molecule has 1 aromatic heterocycles. The van der Waals surface area contributed by atoms with Crippen molar-refractivity contribution < 1.29 is 18.5 Å². The Morgan fingerprint density at radius 2 is 1.85 bits per heavy atom. The van der Waals surface area contributed by atoms with Crippen molar-refractivity contribution in [1.29, 1.82) is 0 Å². The minimum absolute atomic E-state index is 0.319. The first-order valence-electron chi connectivity index (χ1n) is 8.47. The molecule has 1 saturated heterocycles. The number of carbonyl (C=O) groups is 1. The molecule has 0 saturated carbocycles. The molecule has 1 fully saturated rings. The van der Waals surface area contributed by atoms with Gasteiger partial charge in [0.25, 0.3) is 5.91 Å². The number of aryl methyl sites for hydroxylation is 2. The van der Waals surface area contributed by atoms with Gasteiger partial charge in [0.2, 0.25) is 0 Å². The number of benzene rings is 1. The predicted octanol–water partition coefficient (Wildman–Crippen LogP) is 2.42. The smallest absolute Gasteiger partial charge is 0.399 e. The molecule has 3 rings (SSSR count). The second-order valence-corrected chi connectivity index (χ2v) is 7.57. The fourth-order valence-corrected chi connectivity index (χ4v) is 2.77. The van der Waals surface area contributed by atoms with Crippen LogP contribution in [0.3, 0.4) is 0 Å². The zero-order valence-corrected chi connectivity index (χ0v) is 15.9. The topological polar surface area (TPSA) is 65.4 Å². The zero-order chi connectivity index (χ0) is 19.3. The molecule has 0 radical (unpaired) electrons. The largest absolute Gasteiger partial charge is 0.497 e. The molecule has 26 heavy (non-hydrogen) atoms. The van der Waals surface area contributed by atoms with E-state index in [-0.39, 0.29) is 5.91 Å². The van der Waals surface area contributed by atoms with Crippen LogP contribution in [0.25, 0.3) is 0 Å². The molecule has 1 aliphatic rings. The van der Waals surface area contributed by atoms with Gasteiger partial charge in [0.1, 0.15) is 11.5 Å². The lowest BCUT2D eigenvalue weighted by atomic mass is 9.77. The van der Waals surface area contributed by atoms with Crippen molar-refractivity contribution in [3.05, 3.63) is 41.5 Å². The number of aromatic nitrogens is 2. The van der Waals surface area contributed by atoms with Gasteiger partial charge in [0.05, 0.1) is 11.2 Å². The summed E-state index contributed by atoms with van der Waals surface area (Å²) in [5.41, 5.74) is 0.717. The highest BCUT2D eigenvalue weighted by atomic mass is 19.1. The lowest BCUT2D eigenvalue weighted by molar-refractivity contribution is 0.00578. The maximum absolute atomic E-state index is 14.7. The SMILES string of the molecule is Cc1cc(B2OC(C)(C)C(C)(C)O2)c(F)cc1NC(=O)c1ccnn1C. The predicted molar refractivity (Wildman–Crippen MR) is 98.0 cm³/mol.